The van der Waals surface area contributed by atoms with Crippen LogP contribution in [0, 0.1) is 0 Å². The van der Waals surface area contributed by atoms with Gasteiger partial charge >= 0.3 is 0 Å². The molecule has 0 aliphatic rings. The first kappa shape index (κ1) is 24.6. The lowest BCUT2D eigenvalue weighted by molar-refractivity contribution is 0.590. The molecular formula is C22H43ISi3. The van der Waals surface area contributed by atoms with Gasteiger partial charge in [0.15, 0.2) is 0 Å². The van der Waals surface area contributed by atoms with E-state index in [0.717, 1.165) is 0 Å². The van der Waals surface area contributed by atoms with E-state index in [1.807, 2.05) is 0 Å². The molecule has 1 aromatic rings. The highest BCUT2D eigenvalue weighted by atomic mass is 127. The third kappa shape index (κ3) is 3.99. The molecule has 0 saturated carbocycles. The molecule has 150 valence electrons. The van der Waals surface area contributed by atoms with Crippen LogP contribution in [0.5, 0.6) is 0 Å². The SMILES string of the molecule is CC(C)(C)c1ccc([Si](I)([Si](C)(C)C(C)(C)C)[Si](C)(C)C(C)(C)C)cc1. The summed E-state index contributed by atoms with van der Waals surface area (Å²) in [6.45, 7) is 32.8. The molecular weight excluding hydrogens is 475 g/mol. The first-order valence-corrected chi connectivity index (χ1v) is 23.1. The maximum absolute atomic E-state index is 3.07. The summed E-state index contributed by atoms with van der Waals surface area (Å²) in [6.07, 6.45) is 0. The second-order valence-electron chi connectivity index (χ2n) is 12.2. The first-order valence-electron chi connectivity index (χ1n) is 10.0. The van der Waals surface area contributed by atoms with Crippen molar-refractivity contribution in [2.24, 2.45) is 0 Å². The van der Waals surface area contributed by atoms with Crippen LogP contribution in [0.4, 0.5) is 0 Å². The number of rotatable bonds is 3. The third-order valence-corrected chi connectivity index (χ3v) is 73.7. The van der Waals surface area contributed by atoms with Crippen molar-refractivity contribution in [2.75, 3.05) is 0 Å². The number of benzene rings is 1. The molecule has 0 N–H and O–H groups in total. The molecule has 1 aromatic carbocycles. The Hall–Kier alpha value is 0.601. The van der Waals surface area contributed by atoms with Crippen molar-refractivity contribution in [3.63, 3.8) is 0 Å². The summed E-state index contributed by atoms with van der Waals surface area (Å²) < 4.78 is -1.69. The minimum absolute atomic E-state index is 0.224. The van der Waals surface area contributed by atoms with Crippen LogP contribution in [-0.2, 0) is 5.41 Å². The Balaban J connectivity index is 3.79. The van der Waals surface area contributed by atoms with Gasteiger partial charge in [0.05, 0.1) is 15.2 Å². The molecule has 0 nitrogen and oxygen atoms in total. The van der Waals surface area contributed by atoms with Crippen molar-refractivity contribution in [3.05, 3.63) is 29.8 Å². The molecule has 4 heteroatoms. The Morgan fingerprint density at radius 2 is 0.923 bits per heavy atom. The molecule has 0 amide bonds. The largest absolute Gasteiger partial charge is 0.139 e. The quantitative estimate of drug-likeness (QED) is 0.218. The van der Waals surface area contributed by atoms with Crippen LogP contribution in [0.15, 0.2) is 24.3 Å². The predicted octanol–water partition coefficient (Wildman–Crippen LogP) is 7.75. The molecule has 0 aliphatic heterocycles. The molecule has 0 unspecified atom stereocenters. The Labute approximate surface area is 179 Å². The van der Waals surface area contributed by atoms with Crippen molar-refractivity contribution in [1.29, 1.82) is 0 Å². The van der Waals surface area contributed by atoms with Gasteiger partial charge in [0.2, 0.25) is 0 Å². The average Bonchev–Trinajstić information content (AvgIpc) is 2.42. The van der Waals surface area contributed by atoms with Crippen LogP contribution in [0.2, 0.25) is 36.3 Å². The summed E-state index contributed by atoms with van der Waals surface area (Å²) in [4.78, 5) is 0. The summed E-state index contributed by atoms with van der Waals surface area (Å²) in [5.41, 5.74) is 1.68. The monoisotopic (exact) mass is 518 g/mol. The van der Waals surface area contributed by atoms with Gasteiger partial charge in [0.25, 0.3) is 0 Å². The second-order valence-corrected chi connectivity index (χ2v) is 48.1. The summed E-state index contributed by atoms with van der Waals surface area (Å²) in [6, 6.07) is 9.91. The summed E-state index contributed by atoms with van der Waals surface area (Å²) in [5.74, 6) is 0. The zero-order valence-electron chi connectivity index (χ0n) is 19.7. The highest BCUT2D eigenvalue weighted by Gasteiger charge is 2.65. The van der Waals surface area contributed by atoms with Crippen molar-refractivity contribution in [3.8, 4) is 0 Å². The molecule has 0 fully saturated rings. The topological polar surface area (TPSA) is 0 Å². The van der Waals surface area contributed by atoms with E-state index in [4.69, 9.17) is 0 Å². The summed E-state index contributed by atoms with van der Waals surface area (Å²) in [7, 11) is -3.04. The van der Waals surface area contributed by atoms with E-state index in [9.17, 15) is 0 Å². The van der Waals surface area contributed by atoms with Crippen molar-refractivity contribution in [2.45, 2.75) is 104 Å². The smallest absolute Gasteiger partial charge is 0.120 e. The molecule has 0 aromatic heterocycles. The van der Waals surface area contributed by atoms with Crippen LogP contribution in [0.25, 0.3) is 0 Å². The third-order valence-electron chi connectivity index (χ3n) is 7.62. The van der Waals surface area contributed by atoms with E-state index in [0.29, 0.717) is 10.1 Å². The normalized spacial score (nSPS) is 15.3. The molecule has 0 spiro atoms. The van der Waals surface area contributed by atoms with Crippen molar-refractivity contribution < 1.29 is 0 Å². The lowest BCUT2D eigenvalue weighted by Crippen LogP contribution is -2.80. The fourth-order valence-corrected chi connectivity index (χ4v) is 62.1. The highest BCUT2D eigenvalue weighted by molar-refractivity contribution is 14.1. The molecule has 0 radical (unpaired) electrons. The zero-order chi connectivity index (χ0) is 21.0. The average molecular weight is 519 g/mol. The first-order chi connectivity index (χ1) is 11.2. The number of halogens is 1. The summed E-state index contributed by atoms with van der Waals surface area (Å²) >= 11 is 3.07. The second kappa shape index (κ2) is 7.13. The van der Waals surface area contributed by atoms with Crippen LogP contribution < -0.4 is 5.19 Å². The van der Waals surface area contributed by atoms with E-state index in [1.54, 1.807) is 5.19 Å². The van der Waals surface area contributed by atoms with Gasteiger partial charge in [-0.1, -0.05) is 118 Å². The van der Waals surface area contributed by atoms with Gasteiger partial charge in [0, 0.05) is 0 Å². The van der Waals surface area contributed by atoms with E-state index in [1.165, 1.54) is 5.56 Å². The van der Waals surface area contributed by atoms with Gasteiger partial charge in [-0.15, -0.1) is 21.8 Å². The molecule has 0 bridgehead atoms. The lowest BCUT2D eigenvalue weighted by atomic mass is 9.87. The highest BCUT2D eigenvalue weighted by Crippen LogP contribution is 2.53. The maximum Gasteiger partial charge on any atom is 0.139 e. The van der Waals surface area contributed by atoms with E-state index >= 15 is 0 Å². The van der Waals surface area contributed by atoms with Crippen LogP contribution in [-0.4, -0.2) is 19.8 Å². The van der Waals surface area contributed by atoms with Gasteiger partial charge in [-0.2, -0.15) is 0 Å². The van der Waals surface area contributed by atoms with Crippen molar-refractivity contribution >= 4 is 46.8 Å². The molecule has 0 atom stereocenters. The van der Waals surface area contributed by atoms with Crippen LogP contribution in [0.1, 0.15) is 67.9 Å². The standard InChI is InChI=1S/C22H43ISi3/c1-20(2,3)18-14-16-19(17-15-18)26(23,24(10,11)21(4,5)6)25(12,13)22(7,8)9/h14-17H,1-13H3. The fraction of sp³-hybridized carbons (Fsp3) is 0.727. The zero-order valence-corrected chi connectivity index (χ0v) is 24.8. The molecule has 1 rings (SSSR count). The van der Waals surface area contributed by atoms with Gasteiger partial charge in [-0.3, -0.25) is 0 Å². The Bertz CT molecular complexity index is 597. The van der Waals surface area contributed by atoms with E-state index < -0.39 is 19.8 Å². The minimum atomic E-state index is -1.69. The van der Waals surface area contributed by atoms with Gasteiger partial charge in [-0.05, 0) is 21.1 Å². The Morgan fingerprint density at radius 1 is 0.615 bits per heavy atom. The summed E-state index contributed by atoms with van der Waals surface area (Å²) in [5, 5.41) is 2.54. The van der Waals surface area contributed by atoms with Gasteiger partial charge in [-0.25, -0.2) is 0 Å². The van der Waals surface area contributed by atoms with Crippen molar-refractivity contribution in [1.82, 2.24) is 0 Å². The van der Waals surface area contributed by atoms with E-state index in [-0.39, 0.29) is 5.41 Å². The van der Waals surface area contributed by atoms with Crippen LogP contribution >= 0.6 is 21.8 Å². The molecule has 0 saturated heterocycles. The molecule has 26 heavy (non-hydrogen) atoms. The Morgan fingerprint density at radius 3 is 1.15 bits per heavy atom. The molecule has 0 heterocycles. The number of hydrogen-bond acceptors (Lipinski definition) is 0. The van der Waals surface area contributed by atoms with Gasteiger partial charge < -0.3 is 0 Å². The predicted molar refractivity (Wildman–Crippen MR) is 139 cm³/mol. The van der Waals surface area contributed by atoms with Crippen LogP contribution in [0.3, 0.4) is 0 Å². The van der Waals surface area contributed by atoms with E-state index in [2.05, 4.69) is 135 Å². The fourth-order valence-electron chi connectivity index (χ4n) is 3.74. The Kier molecular flexibility index (Phi) is 6.76. The number of hydrogen-bond donors (Lipinski definition) is 0. The lowest BCUT2D eigenvalue weighted by Gasteiger charge is -2.58. The van der Waals surface area contributed by atoms with Gasteiger partial charge in [0.1, 0.15) is 4.61 Å². The minimum Gasteiger partial charge on any atom is -0.120 e. The molecule has 0 aliphatic carbocycles. The maximum atomic E-state index is 3.07.